The Morgan fingerprint density at radius 2 is 0.981 bits per heavy atom. The van der Waals surface area contributed by atoms with Crippen LogP contribution in [0.25, 0.3) is 0 Å². The molecule has 1 saturated heterocycles. The molecule has 4 N–H and O–H groups in total. The Hall–Kier alpha value is -4.03. The number of benzene rings is 5. The van der Waals surface area contributed by atoms with Crippen LogP contribution >= 0.6 is 7.82 Å². The smallest absolute Gasteiger partial charge is 0.390 e. The van der Waals surface area contributed by atoms with Crippen LogP contribution in [0.15, 0.2) is 152 Å². The molecule has 278 valence electrons. The Balaban J connectivity index is 1.46. The van der Waals surface area contributed by atoms with Gasteiger partial charge >= 0.3 is 7.82 Å². The van der Waals surface area contributed by atoms with Crippen molar-refractivity contribution in [2.75, 3.05) is 7.11 Å². The van der Waals surface area contributed by atoms with E-state index in [9.17, 15) is 25.0 Å². The summed E-state index contributed by atoms with van der Waals surface area (Å²) in [6.07, 6.45) is -6.03. The molecule has 6 rings (SSSR count). The zero-order valence-corrected chi connectivity index (χ0v) is 30.3. The van der Waals surface area contributed by atoms with E-state index in [4.69, 9.17) is 23.0 Å². The van der Waals surface area contributed by atoms with E-state index in [0.29, 0.717) is 27.8 Å². The third kappa shape index (κ3) is 8.70. The summed E-state index contributed by atoms with van der Waals surface area (Å²) < 4.78 is 45.0. The number of hydrogen-bond donors (Lipinski definition) is 4. The summed E-state index contributed by atoms with van der Waals surface area (Å²) >= 11 is 0. The first-order valence-electron chi connectivity index (χ1n) is 17.4. The van der Waals surface area contributed by atoms with Crippen molar-refractivity contribution in [3.8, 4) is 0 Å². The summed E-state index contributed by atoms with van der Waals surface area (Å²) in [5, 5.41) is 50.6. The molecule has 0 radical (unpaired) electrons. The minimum absolute atomic E-state index is 0.0289. The van der Waals surface area contributed by atoms with E-state index in [1.165, 1.54) is 0 Å². The van der Waals surface area contributed by atoms with Crippen molar-refractivity contribution >= 4 is 7.82 Å². The summed E-state index contributed by atoms with van der Waals surface area (Å²) in [5.74, 6) is -2.93. The van der Waals surface area contributed by atoms with Gasteiger partial charge in [-0.1, -0.05) is 152 Å². The molecule has 0 saturated carbocycles. The van der Waals surface area contributed by atoms with Gasteiger partial charge in [-0.2, -0.15) is 0 Å². The predicted octanol–water partition coefficient (Wildman–Crippen LogP) is 6.16. The fourth-order valence-electron chi connectivity index (χ4n) is 6.83. The van der Waals surface area contributed by atoms with E-state index in [1.807, 2.05) is 18.2 Å². The lowest BCUT2D eigenvalue weighted by atomic mass is 9.67. The van der Waals surface area contributed by atoms with Crippen LogP contribution in [0.2, 0.25) is 0 Å². The van der Waals surface area contributed by atoms with Gasteiger partial charge in [0.15, 0.2) is 11.2 Å². The molecule has 0 spiro atoms. The molecular formula is C42H45O10P. The number of hydrogen-bond acceptors (Lipinski definition) is 10. The maximum atomic E-state index is 14.8. The van der Waals surface area contributed by atoms with Gasteiger partial charge in [-0.05, 0) is 27.8 Å². The lowest BCUT2D eigenvalue weighted by Gasteiger charge is -2.60. The molecule has 1 aliphatic rings. The van der Waals surface area contributed by atoms with Crippen molar-refractivity contribution in [3.63, 3.8) is 0 Å². The predicted molar refractivity (Wildman–Crippen MR) is 198 cm³/mol. The van der Waals surface area contributed by atoms with Crippen LogP contribution in [0.3, 0.4) is 0 Å². The second-order valence-corrected chi connectivity index (χ2v) is 14.9. The topological polar surface area (TPSA) is 144 Å². The Kier molecular flexibility index (Phi) is 12.4. The Labute approximate surface area is 309 Å². The quantitative estimate of drug-likeness (QED) is 0.0687. The summed E-state index contributed by atoms with van der Waals surface area (Å²) in [6, 6.07) is 44.4. The van der Waals surface area contributed by atoms with Gasteiger partial charge < -0.3 is 29.9 Å². The van der Waals surface area contributed by atoms with Gasteiger partial charge in [0.05, 0.1) is 19.3 Å². The van der Waals surface area contributed by atoms with Gasteiger partial charge in [0.2, 0.25) is 12.1 Å². The number of rotatable bonds is 16. The minimum atomic E-state index is -4.72. The van der Waals surface area contributed by atoms with E-state index in [1.54, 1.807) is 133 Å². The van der Waals surface area contributed by atoms with Crippen LogP contribution in [0.5, 0.6) is 0 Å². The molecule has 5 aromatic carbocycles. The fraction of sp³-hybridized carbons (Fsp3) is 0.286. The highest BCUT2D eigenvalue weighted by molar-refractivity contribution is 7.48. The number of phosphoric acid groups is 1. The van der Waals surface area contributed by atoms with E-state index in [2.05, 4.69) is 0 Å². The van der Waals surface area contributed by atoms with Gasteiger partial charge in [-0.3, -0.25) is 13.6 Å². The SMILES string of the molecule is CO[C@]1(O)[C@@](O)(Cc2ccccc2)[C@@H](C(O)Cc2ccccc2)OC(OP(=O)(OCc2ccccc2)OCc2ccccc2)[C@@]1(O)Cc1ccccc1. The van der Waals surface area contributed by atoms with E-state index in [0.717, 1.165) is 7.11 Å². The average Bonchev–Trinajstić information content (AvgIpc) is 3.19. The number of aliphatic hydroxyl groups excluding tert-OH is 1. The van der Waals surface area contributed by atoms with Crippen LogP contribution in [0, 0.1) is 0 Å². The van der Waals surface area contributed by atoms with Crippen molar-refractivity contribution in [3.05, 3.63) is 179 Å². The number of phosphoric ester groups is 1. The van der Waals surface area contributed by atoms with Crippen molar-refractivity contribution in [1.29, 1.82) is 0 Å². The molecule has 1 heterocycles. The first-order valence-corrected chi connectivity index (χ1v) is 18.9. The van der Waals surface area contributed by atoms with Gasteiger partial charge in [0.25, 0.3) is 0 Å². The summed E-state index contributed by atoms with van der Waals surface area (Å²) in [7, 11) is -3.59. The highest BCUT2D eigenvalue weighted by atomic mass is 31.2. The molecule has 53 heavy (non-hydrogen) atoms. The minimum Gasteiger partial charge on any atom is -0.390 e. The molecule has 0 amide bonds. The van der Waals surface area contributed by atoms with Gasteiger partial charge in [-0.25, -0.2) is 4.57 Å². The maximum Gasteiger partial charge on any atom is 0.477 e. The maximum absolute atomic E-state index is 14.8. The highest BCUT2D eigenvalue weighted by Crippen LogP contribution is 2.58. The number of methoxy groups -OCH3 is 1. The first kappa shape index (κ1) is 38.7. The molecule has 0 aliphatic carbocycles. The average molecular weight is 741 g/mol. The zero-order valence-electron chi connectivity index (χ0n) is 29.4. The van der Waals surface area contributed by atoms with Crippen molar-refractivity contribution in [2.24, 2.45) is 0 Å². The van der Waals surface area contributed by atoms with Gasteiger partial charge in [-0.15, -0.1) is 0 Å². The zero-order chi connectivity index (χ0) is 37.4. The molecule has 1 fully saturated rings. The molecule has 0 bridgehead atoms. The van der Waals surface area contributed by atoms with Crippen LogP contribution < -0.4 is 0 Å². The third-order valence-electron chi connectivity index (χ3n) is 9.56. The van der Waals surface area contributed by atoms with Crippen LogP contribution in [-0.2, 0) is 60.1 Å². The van der Waals surface area contributed by atoms with E-state index >= 15 is 0 Å². The molecule has 6 atom stereocenters. The molecule has 1 aliphatic heterocycles. The van der Waals surface area contributed by atoms with Crippen molar-refractivity contribution in [2.45, 2.75) is 68.0 Å². The highest BCUT2D eigenvalue weighted by Gasteiger charge is 2.75. The lowest BCUT2D eigenvalue weighted by molar-refractivity contribution is -0.458. The third-order valence-corrected chi connectivity index (χ3v) is 10.9. The summed E-state index contributed by atoms with van der Waals surface area (Å²) in [6.45, 7) is -0.410. The molecule has 5 aromatic rings. The number of aliphatic hydroxyl groups is 4. The Morgan fingerprint density at radius 1 is 0.604 bits per heavy atom. The second kappa shape index (κ2) is 17.0. The van der Waals surface area contributed by atoms with Crippen LogP contribution in [0.1, 0.15) is 27.8 Å². The summed E-state index contributed by atoms with van der Waals surface area (Å²) in [4.78, 5) is 0. The van der Waals surface area contributed by atoms with Crippen molar-refractivity contribution in [1.82, 2.24) is 0 Å². The Bertz CT molecular complexity index is 1860. The molecule has 10 nitrogen and oxygen atoms in total. The van der Waals surface area contributed by atoms with Crippen molar-refractivity contribution < 1.29 is 48.0 Å². The lowest BCUT2D eigenvalue weighted by Crippen LogP contribution is -2.83. The summed E-state index contributed by atoms with van der Waals surface area (Å²) in [5.41, 5.74) is -2.15. The van der Waals surface area contributed by atoms with Crippen LogP contribution in [-0.4, -0.2) is 63.0 Å². The van der Waals surface area contributed by atoms with Crippen LogP contribution in [0.4, 0.5) is 0 Å². The fourth-order valence-corrected chi connectivity index (χ4v) is 8.10. The molecule has 11 heteroatoms. The second-order valence-electron chi connectivity index (χ2n) is 13.2. The van der Waals surface area contributed by atoms with Gasteiger partial charge in [0.1, 0.15) is 6.10 Å². The van der Waals surface area contributed by atoms with Gasteiger partial charge in [0, 0.05) is 26.4 Å². The van der Waals surface area contributed by atoms with E-state index < -0.39 is 49.7 Å². The molecule has 2 unspecified atom stereocenters. The van der Waals surface area contributed by atoms with E-state index in [-0.39, 0.29) is 26.1 Å². The number of ether oxygens (including phenoxy) is 2. The monoisotopic (exact) mass is 740 g/mol. The Morgan fingerprint density at radius 3 is 1.40 bits per heavy atom. The first-order chi connectivity index (χ1) is 25.6. The molecule has 0 aromatic heterocycles. The standard InChI is InChI=1S/C42H45O10P/c1-48-42(46)40(44,28-33-19-9-3-10-20-33)38(37(43)27-32-17-7-2-8-18-32)51-39(41(42,45)29-34-21-11-4-12-22-34)52-53(47,49-30-35-23-13-5-14-24-35)50-31-36-25-15-6-16-26-36/h2-26,37-39,43-46H,27-31H2,1H3/t37?,38-,39?,40-,41+,42-/m1/s1. The normalized spacial score (nSPS) is 25.2. The molecular weight excluding hydrogens is 695 g/mol. The largest absolute Gasteiger partial charge is 0.477 e.